The van der Waals surface area contributed by atoms with Crippen LogP contribution in [0.2, 0.25) is 0 Å². The minimum atomic E-state index is -3.06. The lowest BCUT2D eigenvalue weighted by molar-refractivity contribution is -0.388. The number of nitro groups is 1. The molecule has 1 aromatic heterocycles. The normalized spacial score (nSPS) is 10.5. The van der Waals surface area contributed by atoms with E-state index in [1.807, 2.05) is 0 Å². The number of hydrogen-bond donors (Lipinski definition) is 0. The van der Waals surface area contributed by atoms with E-state index in [2.05, 4.69) is 9.72 Å². The minimum absolute atomic E-state index is 0.516. The van der Waals surface area contributed by atoms with Crippen molar-refractivity contribution in [3.8, 4) is 5.75 Å². The van der Waals surface area contributed by atoms with Crippen LogP contribution in [0.5, 0.6) is 5.75 Å². The van der Waals surface area contributed by atoms with E-state index < -0.39 is 34.4 Å². The van der Waals surface area contributed by atoms with Crippen molar-refractivity contribution in [2.75, 3.05) is 7.11 Å². The summed E-state index contributed by atoms with van der Waals surface area (Å²) in [6.45, 7) is 0. The van der Waals surface area contributed by atoms with Crippen molar-refractivity contribution in [1.29, 1.82) is 0 Å². The summed E-state index contributed by atoms with van der Waals surface area (Å²) in [6, 6.07) is 0.573. The highest BCUT2D eigenvalue weighted by molar-refractivity contribution is 5.40. The van der Waals surface area contributed by atoms with Gasteiger partial charge in [-0.2, -0.15) is 4.39 Å². The molecule has 0 unspecified atom stereocenters. The molecule has 0 aliphatic heterocycles. The molecular formula is C7H5F3N2O3. The first-order chi connectivity index (χ1) is 6.97. The fourth-order valence-electron chi connectivity index (χ4n) is 0.924. The second kappa shape index (κ2) is 4.11. The van der Waals surface area contributed by atoms with Crippen molar-refractivity contribution in [2.45, 2.75) is 6.43 Å². The number of hydrogen-bond acceptors (Lipinski definition) is 4. The number of methoxy groups -OCH3 is 1. The lowest BCUT2D eigenvalue weighted by atomic mass is 10.3. The molecule has 0 N–H and O–H groups in total. The first-order valence-corrected chi connectivity index (χ1v) is 3.64. The van der Waals surface area contributed by atoms with Gasteiger partial charge in [0.25, 0.3) is 12.4 Å². The van der Waals surface area contributed by atoms with E-state index in [1.54, 1.807) is 0 Å². The first-order valence-electron chi connectivity index (χ1n) is 3.64. The number of rotatable bonds is 3. The van der Waals surface area contributed by atoms with Gasteiger partial charge in [0.05, 0.1) is 18.1 Å². The molecule has 0 amide bonds. The summed E-state index contributed by atoms with van der Waals surface area (Å²) >= 11 is 0. The molecular weight excluding hydrogens is 217 g/mol. The molecule has 82 valence electrons. The average molecular weight is 222 g/mol. The largest absolute Gasteiger partial charge is 0.494 e. The molecule has 15 heavy (non-hydrogen) atoms. The Morgan fingerprint density at radius 3 is 2.60 bits per heavy atom. The van der Waals surface area contributed by atoms with Gasteiger partial charge in [-0.15, -0.1) is 0 Å². The van der Waals surface area contributed by atoms with Crippen molar-refractivity contribution in [2.24, 2.45) is 0 Å². The summed E-state index contributed by atoms with van der Waals surface area (Å²) in [5, 5.41) is 10.3. The number of alkyl halides is 2. The summed E-state index contributed by atoms with van der Waals surface area (Å²) in [6.07, 6.45) is -3.06. The van der Waals surface area contributed by atoms with Crippen LogP contribution in [0.4, 0.5) is 18.9 Å². The fraction of sp³-hybridized carbons (Fsp3) is 0.286. The second-order valence-corrected chi connectivity index (χ2v) is 2.44. The third-order valence-electron chi connectivity index (χ3n) is 1.57. The van der Waals surface area contributed by atoms with Crippen molar-refractivity contribution >= 4 is 5.69 Å². The minimum Gasteiger partial charge on any atom is -0.494 e. The first kappa shape index (κ1) is 11.2. The smallest absolute Gasteiger partial charge is 0.327 e. The summed E-state index contributed by atoms with van der Waals surface area (Å²) in [7, 11) is 1.03. The van der Waals surface area contributed by atoms with E-state index in [4.69, 9.17) is 0 Å². The van der Waals surface area contributed by atoms with Crippen LogP contribution < -0.4 is 4.74 Å². The van der Waals surface area contributed by atoms with E-state index in [-0.39, 0.29) is 0 Å². The standard InChI is InChI=1S/C7H5F3N2O3/c1-15-4-2-3(12(13)14)7(10)11-5(4)6(8)9/h2,6H,1H3. The van der Waals surface area contributed by atoms with Crippen molar-refractivity contribution in [1.82, 2.24) is 4.98 Å². The van der Waals surface area contributed by atoms with Gasteiger partial charge in [0.2, 0.25) is 0 Å². The number of halogens is 3. The Balaban J connectivity index is 3.35. The molecule has 0 saturated carbocycles. The second-order valence-electron chi connectivity index (χ2n) is 2.44. The monoisotopic (exact) mass is 222 g/mol. The molecule has 1 rings (SSSR count). The molecule has 0 bridgehead atoms. The Bertz CT molecular complexity index is 397. The molecule has 1 aromatic rings. The molecule has 0 fully saturated rings. The molecule has 5 nitrogen and oxygen atoms in total. The van der Waals surface area contributed by atoms with Crippen LogP contribution in [-0.4, -0.2) is 17.0 Å². The Labute approximate surface area is 81.6 Å². The fourth-order valence-corrected chi connectivity index (χ4v) is 0.924. The van der Waals surface area contributed by atoms with Crippen molar-refractivity contribution in [3.63, 3.8) is 0 Å². The van der Waals surface area contributed by atoms with E-state index in [9.17, 15) is 23.3 Å². The van der Waals surface area contributed by atoms with E-state index in [0.29, 0.717) is 6.07 Å². The van der Waals surface area contributed by atoms with Gasteiger partial charge in [0.15, 0.2) is 11.4 Å². The van der Waals surface area contributed by atoms with Crippen LogP contribution in [0.15, 0.2) is 6.07 Å². The Hall–Kier alpha value is -1.86. The zero-order chi connectivity index (χ0) is 11.6. The van der Waals surface area contributed by atoms with Crippen LogP contribution in [-0.2, 0) is 0 Å². The van der Waals surface area contributed by atoms with E-state index in [1.165, 1.54) is 0 Å². The number of ether oxygens (including phenoxy) is 1. The zero-order valence-corrected chi connectivity index (χ0v) is 7.41. The predicted octanol–water partition coefficient (Wildman–Crippen LogP) is 2.08. The summed E-state index contributed by atoms with van der Waals surface area (Å²) in [5.74, 6) is -2.07. The summed E-state index contributed by atoms with van der Waals surface area (Å²) < 4.78 is 41.8. The van der Waals surface area contributed by atoms with Crippen molar-refractivity contribution < 1.29 is 22.8 Å². The van der Waals surface area contributed by atoms with Gasteiger partial charge in [-0.25, -0.2) is 13.8 Å². The van der Waals surface area contributed by atoms with E-state index >= 15 is 0 Å². The molecule has 0 radical (unpaired) electrons. The quantitative estimate of drug-likeness (QED) is 0.446. The molecule has 0 saturated heterocycles. The highest BCUT2D eigenvalue weighted by Crippen LogP contribution is 2.31. The average Bonchev–Trinajstić information content (AvgIpc) is 2.16. The highest BCUT2D eigenvalue weighted by atomic mass is 19.3. The van der Waals surface area contributed by atoms with Crippen LogP contribution in [0.25, 0.3) is 0 Å². The van der Waals surface area contributed by atoms with E-state index in [0.717, 1.165) is 7.11 Å². The van der Waals surface area contributed by atoms with Gasteiger partial charge in [0, 0.05) is 0 Å². The highest BCUT2D eigenvalue weighted by Gasteiger charge is 2.24. The van der Waals surface area contributed by atoms with Gasteiger partial charge in [-0.3, -0.25) is 10.1 Å². The lowest BCUT2D eigenvalue weighted by Gasteiger charge is -2.06. The van der Waals surface area contributed by atoms with Gasteiger partial charge in [-0.1, -0.05) is 0 Å². The Kier molecular flexibility index (Phi) is 3.08. The van der Waals surface area contributed by atoms with Gasteiger partial charge in [0.1, 0.15) is 0 Å². The lowest BCUT2D eigenvalue weighted by Crippen LogP contribution is -2.02. The Morgan fingerprint density at radius 2 is 2.20 bits per heavy atom. The maximum atomic E-state index is 12.8. The number of aromatic nitrogens is 1. The predicted molar refractivity (Wildman–Crippen MR) is 42.4 cm³/mol. The molecule has 1 heterocycles. The Morgan fingerprint density at radius 1 is 1.60 bits per heavy atom. The van der Waals surface area contributed by atoms with Gasteiger partial charge < -0.3 is 4.74 Å². The maximum Gasteiger partial charge on any atom is 0.327 e. The topological polar surface area (TPSA) is 65.3 Å². The molecule has 8 heteroatoms. The molecule has 0 aliphatic rings. The van der Waals surface area contributed by atoms with Crippen LogP contribution in [0.3, 0.4) is 0 Å². The van der Waals surface area contributed by atoms with Crippen LogP contribution in [0.1, 0.15) is 12.1 Å². The summed E-state index contributed by atoms with van der Waals surface area (Å²) in [5.41, 5.74) is -1.96. The third-order valence-corrected chi connectivity index (χ3v) is 1.57. The SMILES string of the molecule is COc1cc([N+](=O)[O-])c(F)nc1C(F)F. The molecule has 0 aliphatic carbocycles. The van der Waals surface area contributed by atoms with Crippen molar-refractivity contribution in [3.05, 3.63) is 27.8 Å². The number of pyridine rings is 1. The summed E-state index contributed by atoms with van der Waals surface area (Å²) in [4.78, 5) is 12.0. The number of nitrogens with zero attached hydrogens (tertiary/aromatic N) is 2. The third kappa shape index (κ3) is 2.14. The van der Waals surface area contributed by atoms with Gasteiger partial charge in [-0.05, 0) is 0 Å². The molecule has 0 spiro atoms. The zero-order valence-electron chi connectivity index (χ0n) is 7.41. The van der Waals surface area contributed by atoms with Crippen LogP contribution in [0, 0.1) is 16.1 Å². The molecule has 0 aromatic carbocycles. The van der Waals surface area contributed by atoms with Crippen LogP contribution >= 0.6 is 0 Å². The maximum absolute atomic E-state index is 12.8. The molecule has 0 atom stereocenters. The van der Waals surface area contributed by atoms with Gasteiger partial charge >= 0.3 is 5.69 Å².